The summed E-state index contributed by atoms with van der Waals surface area (Å²) in [6.45, 7) is 3.62. The zero-order chi connectivity index (χ0) is 13.9. The zero-order valence-corrected chi connectivity index (χ0v) is 10.7. The molecule has 1 unspecified atom stereocenters. The molecule has 8 heteroatoms. The summed E-state index contributed by atoms with van der Waals surface area (Å²) in [5.41, 5.74) is -0.174. The quantitative estimate of drug-likeness (QED) is 0.478. The maximum Gasteiger partial charge on any atom is 0.330 e. The number of anilines is 1. The molecule has 0 radical (unpaired) electrons. The van der Waals surface area contributed by atoms with Crippen LogP contribution < -0.4 is 5.32 Å². The normalized spacial score (nSPS) is 12.3. The fourth-order valence-corrected chi connectivity index (χ4v) is 1.48. The predicted octanol–water partition coefficient (Wildman–Crippen LogP) is 0.938. The van der Waals surface area contributed by atoms with Crippen LogP contribution in [0.2, 0.25) is 0 Å². The van der Waals surface area contributed by atoms with Gasteiger partial charge in [0.25, 0.3) is 0 Å². The lowest BCUT2D eigenvalue weighted by atomic mass is 10.0. The van der Waals surface area contributed by atoms with Crippen molar-refractivity contribution in [2.75, 3.05) is 12.4 Å². The van der Waals surface area contributed by atoms with Crippen molar-refractivity contribution in [3.05, 3.63) is 16.3 Å². The van der Waals surface area contributed by atoms with E-state index >= 15 is 0 Å². The van der Waals surface area contributed by atoms with Crippen LogP contribution in [0.3, 0.4) is 0 Å². The summed E-state index contributed by atoms with van der Waals surface area (Å²) in [6, 6.07) is -0.677. The minimum absolute atomic E-state index is 0.0617. The molecule has 0 bridgehead atoms. The molecule has 1 N–H and O–H groups in total. The van der Waals surface area contributed by atoms with Gasteiger partial charge in [0, 0.05) is 7.05 Å². The third-order valence-corrected chi connectivity index (χ3v) is 2.42. The number of hydrogen-bond acceptors (Lipinski definition) is 6. The van der Waals surface area contributed by atoms with E-state index in [1.807, 2.05) is 13.8 Å². The molecule has 0 aliphatic heterocycles. The van der Waals surface area contributed by atoms with Gasteiger partial charge in [-0.2, -0.15) is 0 Å². The van der Waals surface area contributed by atoms with Crippen LogP contribution in [-0.2, 0) is 16.6 Å². The fraction of sp³-hybridized carbons (Fsp3) is 0.600. The number of carbonyl (C=O) groups excluding carboxylic acids is 1. The Morgan fingerprint density at radius 2 is 2.22 bits per heavy atom. The molecule has 1 aromatic heterocycles. The maximum atomic E-state index is 11.6. The topological polar surface area (TPSA) is 99.3 Å². The van der Waals surface area contributed by atoms with E-state index in [0.29, 0.717) is 0 Å². The van der Waals surface area contributed by atoms with E-state index in [2.05, 4.69) is 15.2 Å². The van der Waals surface area contributed by atoms with Crippen molar-refractivity contribution in [3.8, 4) is 0 Å². The highest BCUT2D eigenvalue weighted by molar-refractivity contribution is 5.80. The fourth-order valence-electron chi connectivity index (χ4n) is 1.48. The van der Waals surface area contributed by atoms with Gasteiger partial charge in [0.05, 0.1) is 12.0 Å². The van der Waals surface area contributed by atoms with Crippen LogP contribution in [-0.4, -0.2) is 33.8 Å². The van der Waals surface area contributed by atoms with Gasteiger partial charge in [0.2, 0.25) is 5.82 Å². The maximum absolute atomic E-state index is 11.6. The Balaban J connectivity index is 3.00. The number of ether oxygens (including phenoxy) is 1. The van der Waals surface area contributed by atoms with Crippen molar-refractivity contribution in [2.24, 2.45) is 13.0 Å². The highest BCUT2D eigenvalue weighted by atomic mass is 16.6. The first-order chi connectivity index (χ1) is 8.36. The van der Waals surface area contributed by atoms with Gasteiger partial charge in [-0.25, -0.2) is 4.79 Å². The van der Waals surface area contributed by atoms with Crippen molar-refractivity contribution >= 4 is 17.5 Å². The molecule has 0 saturated heterocycles. The summed E-state index contributed by atoms with van der Waals surface area (Å²) in [4.78, 5) is 21.8. The van der Waals surface area contributed by atoms with E-state index in [1.165, 1.54) is 18.0 Å². The molecule has 100 valence electrons. The molecule has 0 fully saturated rings. The van der Waals surface area contributed by atoms with Crippen molar-refractivity contribution in [2.45, 2.75) is 19.9 Å². The van der Waals surface area contributed by atoms with E-state index in [9.17, 15) is 14.9 Å². The van der Waals surface area contributed by atoms with Gasteiger partial charge in [-0.3, -0.25) is 14.8 Å². The monoisotopic (exact) mass is 256 g/mol. The van der Waals surface area contributed by atoms with Gasteiger partial charge < -0.3 is 10.1 Å². The first-order valence-electron chi connectivity index (χ1n) is 5.39. The van der Waals surface area contributed by atoms with Gasteiger partial charge in [-0.15, -0.1) is 5.10 Å². The Hall–Kier alpha value is -2.12. The second kappa shape index (κ2) is 5.48. The Morgan fingerprint density at radius 3 is 2.67 bits per heavy atom. The summed E-state index contributed by atoms with van der Waals surface area (Å²) >= 11 is 0. The second-order valence-corrected chi connectivity index (χ2v) is 4.18. The van der Waals surface area contributed by atoms with E-state index in [-0.39, 0.29) is 17.4 Å². The Labute approximate surface area is 104 Å². The molecule has 0 aliphatic rings. The zero-order valence-electron chi connectivity index (χ0n) is 10.7. The summed E-state index contributed by atoms with van der Waals surface area (Å²) in [5, 5.41) is 17.5. The van der Waals surface area contributed by atoms with E-state index < -0.39 is 16.9 Å². The van der Waals surface area contributed by atoms with Crippen molar-refractivity contribution in [1.29, 1.82) is 0 Å². The minimum atomic E-state index is -0.677. The van der Waals surface area contributed by atoms with Crippen LogP contribution in [0.25, 0.3) is 0 Å². The van der Waals surface area contributed by atoms with Crippen molar-refractivity contribution in [1.82, 2.24) is 9.78 Å². The van der Waals surface area contributed by atoms with Crippen LogP contribution in [0.1, 0.15) is 13.8 Å². The summed E-state index contributed by atoms with van der Waals surface area (Å²) < 4.78 is 5.96. The van der Waals surface area contributed by atoms with Gasteiger partial charge in [-0.1, -0.05) is 13.8 Å². The molecule has 0 spiro atoms. The molecule has 0 aromatic carbocycles. The molecular formula is C10H16N4O4. The van der Waals surface area contributed by atoms with Crippen LogP contribution in [0.5, 0.6) is 0 Å². The van der Waals surface area contributed by atoms with Crippen LogP contribution in [0.15, 0.2) is 6.20 Å². The van der Waals surface area contributed by atoms with Gasteiger partial charge >= 0.3 is 11.7 Å². The lowest BCUT2D eigenvalue weighted by Crippen LogP contribution is -2.35. The lowest BCUT2D eigenvalue weighted by Gasteiger charge is -2.18. The number of nitro groups is 1. The molecule has 1 heterocycles. The lowest BCUT2D eigenvalue weighted by molar-refractivity contribution is -0.384. The number of carbonyl (C=O) groups is 1. The Morgan fingerprint density at radius 1 is 1.61 bits per heavy atom. The third-order valence-electron chi connectivity index (χ3n) is 2.42. The number of rotatable bonds is 5. The molecule has 0 aliphatic carbocycles. The number of nitrogens with one attached hydrogen (secondary N) is 1. The number of aryl methyl sites for hydroxylation is 1. The third kappa shape index (κ3) is 2.96. The van der Waals surface area contributed by atoms with Crippen molar-refractivity contribution < 1.29 is 14.5 Å². The van der Waals surface area contributed by atoms with Gasteiger partial charge in [-0.05, 0) is 5.92 Å². The van der Waals surface area contributed by atoms with Crippen LogP contribution >= 0.6 is 0 Å². The number of hydrogen-bond donors (Lipinski definition) is 1. The minimum Gasteiger partial charge on any atom is -0.467 e. The standard InChI is InChI=1S/C10H16N4O4/c1-6(2)8(10(15)18-4)11-9-7(14(16)17)5-13(3)12-9/h5-6,8H,1-4H3,(H,11,12). The smallest absolute Gasteiger partial charge is 0.330 e. The number of nitrogens with zero attached hydrogens (tertiary/aromatic N) is 3. The largest absolute Gasteiger partial charge is 0.467 e. The summed E-state index contributed by atoms with van der Waals surface area (Å²) in [5.74, 6) is -0.504. The Bertz CT molecular complexity index is 455. The molecule has 18 heavy (non-hydrogen) atoms. The van der Waals surface area contributed by atoms with Crippen LogP contribution in [0.4, 0.5) is 11.5 Å². The molecule has 1 aromatic rings. The molecular weight excluding hydrogens is 240 g/mol. The van der Waals surface area contributed by atoms with Gasteiger partial charge in [0.15, 0.2) is 0 Å². The molecule has 0 saturated carbocycles. The SMILES string of the molecule is COC(=O)C(Nc1nn(C)cc1[N+](=O)[O-])C(C)C. The average Bonchev–Trinajstić information content (AvgIpc) is 2.66. The molecule has 1 atom stereocenters. The predicted molar refractivity (Wildman–Crippen MR) is 64.1 cm³/mol. The van der Waals surface area contributed by atoms with E-state index in [1.54, 1.807) is 7.05 Å². The second-order valence-electron chi connectivity index (χ2n) is 4.18. The van der Waals surface area contributed by atoms with E-state index in [0.717, 1.165) is 0 Å². The number of esters is 1. The molecule has 0 amide bonds. The number of methoxy groups -OCH3 is 1. The first kappa shape index (κ1) is 13.9. The highest BCUT2D eigenvalue weighted by Crippen LogP contribution is 2.23. The average molecular weight is 256 g/mol. The van der Waals surface area contributed by atoms with E-state index in [4.69, 9.17) is 0 Å². The van der Waals surface area contributed by atoms with Gasteiger partial charge in [0.1, 0.15) is 12.2 Å². The first-order valence-corrected chi connectivity index (χ1v) is 5.39. The van der Waals surface area contributed by atoms with Crippen LogP contribution in [0, 0.1) is 16.0 Å². The van der Waals surface area contributed by atoms with Crippen molar-refractivity contribution in [3.63, 3.8) is 0 Å². The summed E-state index contributed by atoms with van der Waals surface area (Å²) in [6.07, 6.45) is 1.27. The highest BCUT2D eigenvalue weighted by Gasteiger charge is 2.28. The number of aromatic nitrogens is 2. The molecule has 1 rings (SSSR count). The summed E-state index contributed by atoms with van der Waals surface area (Å²) in [7, 11) is 2.84. The molecule has 8 nitrogen and oxygen atoms in total. The Kier molecular flexibility index (Phi) is 4.24.